The minimum atomic E-state index is -1.55. The van der Waals surface area contributed by atoms with Crippen molar-refractivity contribution in [1.82, 2.24) is 5.32 Å². The number of hydrogen-bond donors (Lipinski definition) is 2. The van der Waals surface area contributed by atoms with E-state index in [-0.39, 0.29) is 5.75 Å². The van der Waals surface area contributed by atoms with E-state index in [1.54, 1.807) is 12.1 Å². The molecule has 28 heavy (non-hydrogen) atoms. The van der Waals surface area contributed by atoms with Gasteiger partial charge in [-0.1, -0.05) is 0 Å². The molecule has 0 radical (unpaired) electrons. The summed E-state index contributed by atoms with van der Waals surface area (Å²) in [6.45, 7) is 16.5. The zero-order chi connectivity index (χ0) is 21.0. The number of benzene rings is 1. The molecule has 0 bridgehead atoms. The molecule has 0 aromatic heterocycles. The summed E-state index contributed by atoms with van der Waals surface area (Å²) in [5.74, 6) is 1.18. The number of hydrogen-bond acceptors (Lipinski definition) is 4. The van der Waals surface area contributed by atoms with E-state index in [1.807, 2.05) is 12.1 Å². The Labute approximate surface area is 173 Å². The van der Waals surface area contributed by atoms with Crippen LogP contribution in [0.1, 0.15) is 32.3 Å². The highest BCUT2D eigenvalue weighted by Crippen LogP contribution is 2.15. The Morgan fingerprint density at radius 2 is 1.46 bits per heavy atom. The van der Waals surface area contributed by atoms with Gasteiger partial charge in [0.2, 0.25) is 0 Å². The van der Waals surface area contributed by atoms with Crippen molar-refractivity contribution in [1.29, 1.82) is 0 Å². The lowest BCUT2D eigenvalue weighted by atomic mass is 10.2. The van der Waals surface area contributed by atoms with Gasteiger partial charge in [0.1, 0.15) is 11.6 Å². The highest BCUT2D eigenvalue weighted by atomic mass is 28.4. The minimum Gasteiger partial charge on any atom is -0.508 e. The van der Waals surface area contributed by atoms with Crippen molar-refractivity contribution in [2.45, 2.75) is 65.0 Å². The van der Waals surface area contributed by atoms with Gasteiger partial charge in [-0.25, -0.2) is 0 Å². The Balaban J connectivity index is 2.63. The molecule has 0 spiro atoms. The van der Waals surface area contributed by atoms with Gasteiger partial charge in [0.05, 0.1) is 0 Å². The lowest BCUT2D eigenvalue weighted by molar-refractivity contribution is 0.328. The molecular weight excluding hydrogens is 384 g/mol. The number of nitrogens with zero attached hydrogens (tertiary/aromatic N) is 1. The van der Waals surface area contributed by atoms with Crippen LogP contribution in [0.2, 0.25) is 38.3 Å². The van der Waals surface area contributed by atoms with E-state index in [2.05, 4.69) is 45.4 Å². The molecule has 0 aliphatic heterocycles. The van der Waals surface area contributed by atoms with Gasteiger partial charge in [-0.15, -0.1) is 0 Å². The second-order valence-corrected chi connectivity index (χ2v) is 16.9. The van der Waals surface area contributed by atoms with Crippen molar-refractivity contribution >= 4 is 22.5 Å². The maximum absolute atomic E-state index is 9.57. The lowest BCUT2D eigenvalue weighted by Crippen LogP contribution is -2.33. The predicted octanol–water partition coefficient (Wildman–Crippen LogP) is 4.99. The Morgan fingerprint density at radius 3 is 2.00 bits per heavy atom. The number of phenols is 1. The Hall–Kier alpha value is -1.16. The van der Waals surface area contributed by atoms with Crippen LogP contribution in [-0.2, 0) is 8.85 Å². The van der Waals surface area contributed by atoms with E-state index in [4.69, 9.17) is 13.8 Å². The molecule has 1 aromatic carbocycles. The maximum atomic E-state index is 9.57. The van der Waals surface area contributed by atoms with Crippen molar-refractivity contribution in [3.05, 3.63) is 29.8 Å². The number of aromatic hydroxyl groups is 1. The van der Waals surface area contributed by atoms with Gasteiger partial charge in [0, 0.05) is 31.9 Å². The number of rotatable bonds is 13. The first-order valence-electron chi connectivity index (χ1n) is 10.5. The van der Waals surface area contributed by atoms with Crippen molar-refractivity contribution in [3.8, 4) is 5.75 Å². The molecule has 0 amide bonds. The standard InChI is InChI=1S/C21H40N2O3Si2/c1-7-25-27(3,4)17-9-15-22-21(19-11-13-20(24)14-12-19)23-16-10-18-28(5,6)26-8-2/h11-14,24H,7-10,15-18H2,1-6H3,(H,22,23). The third-order valence-corrected chi connectivity index (χ3v) is 9.92. The molecule has 2 N–H and O–H groups in total. The molecule has 0 fully saturated rings. The third kappa shape index (κ3) is 10.4. The minimum absolute atomic E-state index is 0.275. The van der Waals surface area contributed by atoms with Crippen molar-refractivity contribution in [2.75, 3.05) is 26.3 Å². The number of nitrogens with one attached hydrogen (secondary N) is 1. The molecular formula is C21H40N2O3Si2. The van der Waals surface area contributed by atoms with Crippen molar-refractivity contribution in [2.24, 2.45) is 4.99 Å². The lowest BCUT2D eigenvalue weighted by Gasteiger charge is -2.22. The summed E-state index contributed by atoms with van der Waals surface area (Å²) < 4.78 is 11.8. The molecule has 160 valence electrons. The molecule has 0 aliphatic rings. The Bertz CT molecular complexity index is 590. The molecule has 0 unspecified atom stereocenters. The van der Waals surface area contributed by atoms with Crippen LogP contribution in [0.3, 0.4) is 0 Å². The van der Waals surface area contributed by atoms with Crippen LogP contribution in [0.4, 0.5) is 0 Å². The second kappa shape index (κ2) is 12.4. The van der Waals surface area contributed by atoms with Crippen LogP contribution in [0.25, 0.3) is 0 Å². The molecule has 0 aliphatic carbocycles. The second-order valence-electron chi connectivity index (χ2n) is 8.30. The monoisotopic (exact) mass is 424 g/mol. The van der Waals surface area contributed by atoms with Crippen LogP contribution in [0.5, 0.6) is 5.75 Å². The quantitative estimate of drug-likeness (QED) is 0.203. The SMILES string of the molecule is CCO[Si](C)(C)CCCN=C(NCCC[Si](C)(C)OCC)c1ccc(O)cc1. The summed E-state index contributed by atoms with van der Waals surface area (Å²) in [6.07, 6.45) is 2.10. The summed E-state index contributed by atoms with van der Waals surface area (Å²) in [5, 5.41) is 13.1. The van der Waals surface area contributed by atoms with Gasteiger partial charge in [0.15, 0.2) is 16.6 Å². The predicted molar refractivity (Wildman–Crippen MR) is 125 cm³/mol. The van der Waals surface area contributed by atoms with Gasteiger partial charge >= 0.3 is 0 Å². The fourth-order valence-corrected chi connectivity index (χ4v) is 7.10. The van der Waals surface area contributed by atoms with Crippen molar-refractivity contribution in [3.63, 3.8) is 0 Å². The molecule has 1 aromatic rings. The fourth-order valence-electron chi connectivity index (χ4n) is 3.21. The van der Waals surface area contributed by atoms with Gasteiger partial charge in [-0.2, -0.15) is 0 Å². The first-order chi connectivity index (χ1) is 13.2. The van der Waals surface area contributed by atoms with E-state index in [0.29, 0.717) is 0 Å². The number of aliphatic imine (C=N–C) groups is 1. The van der Waals surface area contributed by atoms with Gasteiger partial charge in [0.25, 0.3) is 0 Å². The van der Waals surface area contributed by atoms with E-state index in [1.165, 1.54) is 0 Å². The van der Waals surface area contributed by atoms with Gasteiger partial charge in [-0.05, 0) is 89.2 Å². The first kappa shape index (κ1) is 24.9. The first-order valence-corrected chi connectivity index (χ1v) is 16.8. The average molecular weight is 425 g/mol. The maximum Gasteiger partial charge on any atom is 0.186 e. The topological polar surface area (TPSA) is 63.1 Å². The summed E-state index contributed by atoms with van der Waals surface area (Å²) >= 11 is 0. The summed E-state index contributed by atoms with van der Waals surface area (Å²) in [5.41, 5.74) is 1.01. The summed E-state index contributed by atoms with van der Waals surface area (Å²) in [7, 11) is -3.10. The van der Waals surface area contributed by atoms with Gasteiger partial charge < -0.3 is 19.3 Å². The molecule has 5 nitrogen and oxygen atoms in total. The Morgan fingerprint density at radius 1 is 0.929 bits per heavy atom. The molecule has 7 heteroatoms. The van der Waals surface area contributed by atoms with Crippen LogP contribution in [-0.4, -0.2) is 53.9 Å². The fraction of sp³-hybridized carbons (Fsp3) is 0.667. The van der Waals surface area contributed by atoms with E-state index in [9.17, 15) is 5.11 Å². The molecule has 0 heterocycles. The summed E-state index contributed by atoms with van der Waals surface area (Å²) in [6, 6.07) is 9.50. The Kier molecular flexibility index (Phi) is 11.0. The zero-order valence-electron chi connectivity index (χ0n) is 18.7. The van der Waals surface area contributed by atoms with E-state index < -0.39 is 16.6 Å². The van der Waals surface area contributed by atoms with Crippen LogP contribution in [0, 0.1) is 0 Å². The largest absolute Gasteiger partial charge is 0.508 e. The highest BCUT2D eigenvalue weighted by Gasteiger charge is 2.21. The molecule has 0 saturated heterocycles. The third-order valence-electron chi connectivity index (χ3n) is 4.67. The van der Waals surface area contributed by atoms with E-state index >= 15 is 0 Å². The molecule has 1 rings (SSSR count). The van der Waals surface area contributed by atoms with Crippen LogP contribution < -0.4 is 5.32 Å². The summed E-state index contributed by atoms with van der Waals surface area (Å²) in [4.78, 5) is 4.83. The van der Waals surface area contributed by atoms with Crippen LogP contribution >= 0.6 is 0 Å². The molecule has 0 atom stereocenters. The smallest absolute Gasteiger partial charge is 0.186 e. The van der Waals surface area contributed by atoms with Gasteiger partial charge in [-0.3, -0.25) is 4.99 Å². The number of phenolic OH excluding ortho intramolecular Hbond substituents is 1. The van der Waals surface area contributed by atoms with Crippen molar-refractivity contribution < 1.29 is 14.0 Å². The normalized spacial score (nSPS) is 13.0. The number of amidine groups is 1. The zero-order valence-corrected chi connectivity index (χ0v) is 20.7. The molecule has 0 saturated carbocycles. The van der Waals surface area contributed by atoms with E-state index in [0.717, 1.165) is 62.6 Å². The highest BCUT2D eigenvalue weighted by molar-refractivity contribution is 6.71. The van der Waals surface area contributed by atoms with Crippen LogP contribution in [0.15, 0.2) is 29.3 Å². The average Bonchev–Trinajstić information content (AvgIpc) is 2.61.